The molecule has 1 aliphatic rings. The summed E-state index contributed by atoms with van der Waals surface area (Å²) < 4.78 is 2.03. The first kappa shape index (κ1) is 14.9. The Morgan fingerprint density at radius 2 is 2.12 bits per heavy atom. The molecule has 24 heavy (non-hydrogen) atoms. The molecule has 1 aliphatic heterocycles. The standard InChI is InChI=1S/C19H20N4O/c1-13-12-22(2)18(21-13)17-8-5-9-23(17)19(24)15-10-14-6-3-4-7-16(14)20-11-15/h3-4,6-7,10-12,17H,5,8-9H2,1-2H3/t17-/m1/s1. The van der Waals surface area contributed by atoms with Crippen LogP contribution in [0.1, 0.15) is 40.8 Å². The topological polar surface area (TPSA) is 51.0 Å². The fourth-order valence-electron chi connectivity index (χ4n) is 3.58. The van der Waals surface area contributed by atoms with Gasteiger partial charge in [-0.05, 0) is 31.9 Å². The molecule has 0 radical (unpaired) electrons. The van der Waals surface area contributed by atoms with Gasteiger partial charge in [0.1, 0.15) is 5.82 Å². The molecule has 1 fully saturated rings. The van der Waals surface area contributed by atoms with Gasteiger partial charge in [0.05, 0.1) is 22.8 Å². The third-order valence-electron chi connectivity index (χ3n) is 4.68. The lowest BCUT2D eigenvalue weighted by molar-refractivity contribution is 0.0728. The largest absolute Gasteiger partial charge is 0.336 e. The average molecular weight is 320 g/mol. The highest BCUT2D eigenvalue weighted by Crippen LogP contribution is 2.32. The van der Waals surface area contributed by atoms with Crippen molar-refractivity contribution in [3.63, 3.8) is 0 Å². The van der Waals surface area contributed by atoms with E-state index in [-0.39, 0.29) is 11.9 Å². The number of imidazole rings is 1. The molecule has 1 amide bonds. The quantitative estimate of drug-likeness (QED) is 0.728. The second kappa shape index (κ2) is 5.74. The SMILES string of the molecule is Cc1cn(C)c([C@H]2CCCN2C(=O)c2cnc3ccccc3c2)n1. The number of benzene rings is 1. The lowest BCUT2D eigenvalue weighted by Gasteiger charge is -2.24. The Hall–Kier alpha value is -2.69. The average Bonchev–Trinajstić information content (AvgIpc) is 3.19. The van der Waals surface area contributed by atoms with Crippen molar-refractivity contribution in [3.8, 4) is 0 Å². The summed E-state index contributed by atoms with van der Waals surface area (Å²) in [6.45, 7) is 2.75. The molecule has 4 rings (SSSR count). The van der Waals surface area contributed by atoms with Crippen LogP contribution < -0.4 is 0 Å². The second-order valence-corrected chi connectivity index (χ2v) is 6.42. The molecule has 122 valence electrons. The van der Waals surface area contributed by atoms with Crippen molar-refractivity contribution in [3.05, 3.63) is 59.8 Å². The molecule has 0 saturated carbocycles. The summed E-state index contributed by atoms with van der Waals surface area (Å²) in [5.74, 6) is 1.00. The Kier molecular flexibility index (Phi) is 3.56. The fraction of sp³-hybridized carbons (Fsp3) is 0.316. The monoisotopic (exact) mass is 320 g/mol. The third-order valence-corrected chi connectivity index (χ3v) is 4.68. The highest BCUT2D eigenvalue weighted by atomic mass is 16.2. The summed E-state index contributed by atoms with van der Waals surface area (Å²) in [6, 6.07) is 9.85. The third kappa shape index (κ3) is 2.46. The number of amides is 1. The van der Waals surface area contributed by atoms with E-state index in [4.69, 9.17) is 0 Å². The summed E-state index contributed by atoms with van der Waals surface area (Å²) in [7, 11) is 1.99. The number of carbonyl (C=O) groups is 1. The number of nitrogens with zero attached hydrogens (tertiary/aromatic N) is 4. The van der Waals surface area contributed by atoms with E-state index < -0.39 is 0 Å². The van der Waals surface area contributed by atoms with Gasteiger partial charge in [-0.1, -0.05) is 18.2 Å². The van der Waals surface area contributed by atoms with Crippen LogP contribution in [0.25, 0.3) is 10.9 Å². The van der Waals surface area contributed by atoms with Crippen LogP contribution in [0.5, 0.6) is 0 Å². The fourth-order valence-corrected chi connectivity index (χ4v) is 3.58. The molecule has 1 aromatic carbocycles. The van der Waals surface area contributed by atoms with Crippen LogP contribution in [0.4, 0.5) is 0 Å². The van der Waals surface area contributed by atoms with Crippen molar-refractivity contribution in [1.82, 2.24) is 19.4 Å². The van der Waals surface area contributed by atoms with Gasteiger partial charge < -0.3 is 9.47 Å². The number of aromatic nitrogens is 3. The number of hydrogen-bond acceptors (Lipinski definition) is 3. The molecule has 0 spiro atoms. The minimum Gasteiger partial charge on any atom is -0.336 e. The van der Waals surface area contributed by atoms with E-state index in [0.717, 1.165) is 41.8 Å². The van der Waals surface area contributed by atoms with Crippen molar-refractivity contribution < 1.29 is 4.79 Å². The van der Waals surface area contributed by atoms with Crippen molar-refractivity contribution >= 4 is 16.8 Å². The molecule has 3 heterocycles. The van der Waals surface area contributed by atoms with Gasteiger partial charge in [-0.2, -0.15) is 0 Å². The number of hydrogen-bond donors (Lipinski definition) is 0. The minimum atomic E-state index is 0.0383. The molecule has 1 atom stereocenters. The summed E-state index contributed by atoms with van der Waals surface area (Å²) in [5, 5.41) is 0.993. The number of pyridine rings is 1. The first-order chi connectivity index (χ1) is 11.6. The lowest BCUT2D eigenvalue weighted by Crippen LogP contribution is -2.31. The van der Waals surface area contributed by atoms with Crippen molar-refractivity contribution in [2.45, 2.75) is 25.8 Å². The van der Waals surface area contributed by atoms with Crippen LogP contribution in [0.2, 0.25) is 0 Å². The number of aryl methyl sites for hydroxylation is 2. The first-order valence-corrected chi connectivity index (χ1v) is 8.29. The molecular formula is C19H20N4O. The summed E-state index contributed by atoms with van der Waals surface area (Å²) in [4.78, 5) is 24.0. The van der Waals surface area contributed by atoms with Crippen LogP contribution >= 0.6 is 0 Å². The smallest absolute Gasteiger partial charge is 0.256 e. The van der Waals surface area contributed by atoms with Crippen molar-refractivity contribution in [1.29, 1.82) is 0 Å². The number of para-hydroxylation sites is 1. The number of likely N-dealkylation sites (tertiary alicyclic amines) is 1. The zero-order valence-electron chi connectivity index (χ0n) is 13.9. The van der Waals surface area contributed by atoms with Gasteiger partial charge in [-0.15, -0.1) is 0 Å². The van der Waals surface area contributed by atoms with Crippen LogP contribution in [0, 0.1) is 6.92 Å². The maximum absolute atomic E-state index is 13.0. The van der Waals surface area contributed by atoms with Crippen molar-refractivity contribution in [2.24, 2.45) is 7.05 Å². The minimum absolute atomic E-state index is 0.0383. The zero-order chi connectivity index (χ0) is 16.7. The lowest BCUT2D eigenvalue weighted by atomic mass is 10.1. The Labute approximate surface area is 140 Å². The Morgan fingerprint density at radius 3 is 2.92 bits per heavy atom. The van der Waals surface area contributed by atoms with E-state index in [1.54, 1.807) is 6.20 Å². The van der Waals surface area contributed by atoms with Crippen LogP contribution in [0.15, 0.2) is 42.7 Å². The molecule has 0 unspecified atom stereocenters. The highest BCUT2D eigenvalue weighted by molar-refractivity contribution is 5.97. The maximum atomic E-state index is 13.0. The second-order valence-electron chi connectivity index (χ2n) is 6.42. The van der Waals surface area contributed by atoms with Gasteiger partial charge in [-0.3, -0.25) is 9.78 Å². The van der Waals surface area contributed by atoms with Gasteiger partial charge >= 0.3 is 0 Å². The van der Waals surface area contributed by atoms with Crippen LogP contribution in [0.3, 0.4) is 0 Å². The summed E-state index contributed by atoms with van der Waals surface area (Å²) in [6.07, 6.45) is 5.65. The number of carbonyl (C=O) groups excluding carboxylic acids is 1. The van der Waals surface area contributed by atoms with Crippen molar-refractivity contribution in [2.75, 3.05) is 6.54 Å². The Bertz CT molecular complexity index is 915. The molecule has 0 N–H and O–H groups in total. The number of rotatable bonds is 2. The molecule has 0 aliphatic carbocycles. The summed E-state index contributed by atoms with van der Waals surface area (Å²) in [5.41, 5.74) is 2.54. The molecule has 1 saturated heterocycles. The van der Waals surface area contributed by atoms with E-state index in [2.05, 4.69) is 9.97 Å². The predicted octanol–water partition coefficient (Wildman–Crippen LogP) is 3.25. The highest BCUT2D eigenvalue weighted by Gasteiger charge is 2.33. The van der Waals surface area contributed by atoms with E-state index >= 15 is 0 Å². The van der Waals surface area contributed by atoms with Crippen LogP contribution in [-0.2, 0) is 7.05 Å². The van der Waals surface area contributed by atoms with Gasteiger partial charge in [0, 0.05) is 31.4 Å². The van der Waals surface area contributed by atoms with Gasteiger partial charge in [0.25, 0.3) is 5.91 Å². The first-order valence-electron chi connectivity index (χ1n) is 8.29. The molecule has 2 aromatic heterocycles. The molecule has 5 nitrogen and oxygen atoms in total. The molecular weight excluding hydrogens is 300 g/mol. The van der Waals surface area contributed by atoms with Gasteiger partial charge in [0.2, 0.25) is 0 Å². The molecule has 0 bridgehead atoms. The zero-order valence-corrected chi connectivity index (χ0v) is 13.9. The van der Waals surface area contributed by atoms with Gasteiger partial charge in [-0.25, -0.2) is 4.98 Å². The van der Waals surface area contributed by atoms with E-state index in [9.17, 15) is 4.79 Å². The summed E-state index contributed by atoms with van der Waals surface area (Å²) >= 11 is 0. The van der Waals surface area contributed by atoms with Crippen LogP contribution in [-0.4, -0.2) is 31.9 Å². The van der Waals surface area contributed by atoms with E-state index in [1.165, 1.54) is 0 Å². The number of fused-ring (bicyclic) bond motifs is 1. The van der Waals surface area contributed by atoms with Gasteiger partial charge in [0.15, 0.2) is 0 Å². The molecule has 3 aromatic rings. The maximum Gasteiger partial charge on any atom is 0.256 e. The van der Waals surface area contributed by atoms with E-state index in [1.807, 2.05) is 60.0 Å². The Morgan fingerprint density at radius 1 is 1.29 bits per heavy atom. The Balaban J connectivity index is 1.68. The molecule has 5 heteroatoms. The van der Waals surface area contributed by atoms with E-state index in [0.29, 0.717) is 5.56 Å². The predicted molar refractivity (Wildman–Crippen MR) is 92.7 cm³/mol. The normalized spacial score (nSPS) is 17.6.